The van der Waals surface area contributed by atoms with Gasteiger partial charge in [-0.1, -0.05) is 39.5 Å². The average Bonchev–Trinajstić information content (AvgIpc) is 1.97. The lowest BCUT2D eigenvalue weighted by atomic mass is 9.87. The van der Waals surface area contributed by atoms with Crippen molar-refractivity contribution in [1.29, 1.82) is 0 Å². The van der Waals surface area contributed by atoms with Crippen molar-refractivity contribution in [2.24, 2.45) is 5.41 Å². The van der Waals surface area contributed by atoms with Gasteiger partial charge < -0.3 is 4.74 Å². The molecule has 0 spiro atoms. The van der Waals surface area contributed by atoms with Crippen molar-refractivity contribution < 1.29 is 4.74 Å². The second-order valence-electron chi connectivity index (χ2n) is 3.83. The standard InChI is InChI=1S/C9H18OS2/c1-6-7(9(2,3)4)10-8(11)12-5/h7H,6H2,1-5H3. The summed E-state index contributed by atoms with van der Waals surface area (Å²) in [5, 5.41) is 0. The third kappa shape index (κ3) is 4.31. The lowest BCUT2D eigenvalue weighted by molar-refractivity contribution is 0.0800. The fraction of sp³-hybridized carbons (Fsp3) is 0.889. The molecule has 0 aliphatic rings. The molecule has 0 saturated carbocycles. The monoisotopic (exact) mass is 206 g/mol. The lowest BCUT2D eigenvalue weighted by Crippen LogP contribution is -2.29. The Bertz CT molecular complexity index is 149. The minimum absolute atomic E-state index is 0.175. The second-order valence-corrected chi connectivity index (χ2v) is 5.24. The van der Waals surface area contributed by atoms with Crippen LogP contribution in [-0.2, 0) is 4.74 Å². The highest BCUT2D eigenvalue weighted by atomic mass is 32.2. The van der Waals surface area contributed by atoms with Crippen molar-refractivity contribution in [3.05, 3.63) is 0 Å². The maximum Gasteiger partial charge on any atom is 0.219 e. The molecule has 0 aromatic carbocycles. The van der Waals surface area contributed by atoms with Gasteiger partial charge >= 0.3 is 0 Å². The van der Waals surface area contributed by atoms with Crippen LogP contribution in [0.4, 0.5) is 0 Å². The Morgan fingerprint density at radius 2 is 2.00 bits per heavy atom. The van der Waals surface area contributed by atoms with Crippen LogP contribution in [0.2, 0.25) is 0 Å². The molecular weight excluding hydrogens is 188 g/mol. The summed E-state index contributed by atoms with van der Waals surface area (Å²) in [6.07, 6.45) is 3.18. The highest BCUT2D eigenvalue weighted by Crippen LogP contribution is 2.26. The SMILES string of the molecule is CCC(OC(=S)SC)C(C)(C)C. The van der Waals surface area contributed by atoms with Crippen LogP contribution < -0.4 is 0 Å². The normalized spacial score (nSPS) is 14.1. The van der Waals surface area contributed by atoms with Crippen molar-refractivity contribution in [1.82, 2.24) is 0 Å². The number of rotatable bonds is 2. The maximum atomic E-state index is 5.61. The topological polar surface area (TPSA) is 9.23 Å². The first-order chi connectivity index (χ1) is 5.41. The van der Waals surface area contributed by atoms with Crippen molar-refractivity contribution >= 4 is 28.4 Å². The molecule has 0 saturated heterocycles. The first-order valence-corrected chi connectivity index (χ1v) is 5.79. The highest BCUT2D eigenvalue weighted by molar-refractivity contribution is 8.22. The molecule has 3 heteroatoms. The molecule has 0 aromatic rings. The Hall–Kier alpha value is 0.240. The summed E-state index contributed by atoms with van der Waals surface area (Å²) in [6, 6.07) is 0. The molecule has 0 aliphatic heterocycles. The quantitative estimate of drug-likeness (QED) is 0.640. The molecule has 0 rings (SSSR count). The van der Waals surface area contributed by atoms with E-state index in [0.29, 0.717) is 4.38 Å². The molecular formula is C9H18OS2. The number of thioether (sulfide) groups is 1. The summed E-state index contributed by atoms with van der Waals surface area (Å²) in [5.41, 5.74) is 0.175. The van der Waals surface area contributed by atoms with Gasteiger partial charge in [-0.2, -0.15) is 0 Å². The number of hydrogen-bond acceptors (Lipinski definition) is 3. The molecule has 1 nitrogen and oxygen atoms in total. The van der Waals surface area contributed by atoms with Gasteiger partial charge in [0.05, 0.1) is 0 Å². The van der Waals surface area contributed by atoms with Gasteiger partial charge in [0.2, 0.25) is 4.38 Å². The summed E-state index contributed by atoms with van der Waals surface area (Å²) >= 11 is 6.50. The van der Waals surface area contributed by atoms with E-state index >= 15 is 0 Å². The van der Waals surface area contributed by atoms with E-state index in [1.54, 1.807) is 0 Å². The van der Waals surface area contributed by atoms with E-state index in [-0.39, 0.29) is 11.5 Å². The predicted molar refractivity (Wildman–Crippen MR) is 60.7 cm³/mol. The fourth-order valence-corrected chi connectivity index (χ4v) is 1.37. The van der Waals surface area contributed by atoms with E-state index < -0.39 is 0 Å². The first-order valence-electron chi connectivity index (χ1n) is 4.16. The molecule has 72 valence electrons. The van der Waals surface area contributed by atoms with E-state index in [1.165, 1.54) is 11.8 Å². The van der Waals surface area contributed by atoms with Crippen LogP contribution in [0.15, 0.2) is 0 Å². The second kappa shape index (κ2) is 5.07. The van der Waals surface area contributed by atoms with Crippen LogP contribution in [-0.4, -0.2) is 16.7 Å². The van der Waals surface area contributed by atoms with E-state index in [0.717, 1.165) is 6.42 Å². The summed E-state index contributed by atoms with van der Waals surface area (Å²) in [7, 11) is 0. The van der Waals surface area contributed by atoms with Gasteiger partial charge in [0.15, 0.2) is 0 Å². The van der Waals surface area contributed by atoms with Gasteiger partial charge in [0.1, 0.15) is 6.10 Å². The fourth-order valence-electron chi connectivity index (χ4n) is 1.04. The van der Waals surface area contributed by atoms with Crippen LogP contribution in [0.1, 0.15) is 34.1 Å². The number of ether oxygens (including phenoxy) is 1. The van der Waals surface area contributed by atoms with Gasteiger partial charge in [-0.3, -0.25) is 0 Å². The van der Waals surface area contributed by atoms with Crippen LogP contribution in [0.3, 0.4) is 0 Å². The van der Waals surface area contributed by atoms with Crippen molar-refractivity contribution in [3.63, 3.8) is 0 Å². The largest absolute Gasteiger partial charge is 0.475 e. The molecule has 0 aliphatic carbocycles. The van der Waals surface area contributed by atoms with Gasteiger partial charge in [-0.25, -0.2) is 0 Å². The van der Waals surface area contributed by atoms with Crippen molar-refractivity contribution in [2.45, 2.75) is 40.2 Å². The van der Waals surface area contributed by atoms with E-state index in [4.69, 9.17) is 17.0 Å². The smallest absolute Gasteiger partial charge is 0.219 e. The summed E-state index contributed by atoms with van der Waals surface area (Å²) in [4.78, 5) is 0. The Morgan fingerprint density at radius 1 is 1.50 bits per heavy atom. The average molecular weight is 206 g/mol. The van der Waals surface area contributed by atoms with E-state index in [2.05, 4.69) is 27.7 Å². The third-order valence-corrected chi connectivity index (χ3v) is 2.77. The lowest BCUT2D eigenvalue weighted by Gasteiger charge is -2.29. The van der Waals surface area contributed by atoms with Crippen LogP contribution in [0, 0.1) is 5.41 Å². The molecule has 0 heterocycles. The minimum Gasteiger partial charge on any atom is -0.475 e. The molecule has 0 aromatic heterocycles. The molecule has 0 N–H and O–H groups in total. The van der Waals surface area contributed by atoms with Gasteiger partial charge in [-0.05, 0) is 30.3 Å². The van der Waals surface area contributed by atoms with E-state index in [1.807, 2.05) is 6.26 Å². The molecule has 0 amide bonds. The van der Waals surface area contributed by atoms with Crippen LogP contribution in [0.25, 0.3) is 0 Å². The molecule has 0 fully saturated rings. The summed E-state index contributed by atoms with van der Waals surface area (Å²) < 4.78 is 6.26. The summed E-state index contributed by atoms with van der Waals surface area (Å²) in [5.74, 6) is 0. The highest BCUT2D eigenvalue weighted by Gasteiger charge is 2.25. The molecule has 1 atom stereocenters. The molecule has 1 unspecified atom stereocenters. The van der Waals surface area contributed by atoms with Crippen molar-refractivity contribution in [3.8, 4) is 0 Å². The van der Waals surface area contributed by atoms with Gasteiger partial charge in [0, 0.05) is 0 Å². The van der Waals surface area contributed by atoms with Crippen molar-refractivity contribution in [2.75, 3.05) is 6.26 Å². The van der Waals surface area contributed by atoms with Crippen LogP contribution >= 0.6 is 24.0 Å². The van der Waals surface area contributed by atoms with E-state index in [9.17, 15) is 0 Å². The van der Waals surface area contributed by atoms with Gasteiger partial charge in [-0.15, -0.1) is 0 Å². The zero-order chi connectivity index (χ0) is 9.78. The van der Waals surface area contributed by atoms with Crippen LogP contribution in [0.5, 0.6) is 0 Å². The zero-order valence-electron chi connectivity index (χ0n) is 8.51. The Balaban J connectivity index is 4.09. The summed E-state index contributed by atoms with van der Waals surface area (Å²) in [6.45, 7) is 8.64. The zero-order valence-corrected chi connectivity index (χ0v) is 10.1. The predicted octanol–water partition coefficient (Wildman–Crippen LogP) is 3.48. The first kappa shape index (κ1) is 12.2. The maximum absolute atomic E-state index is 5.61. The third-order valence-electron chi connectivity index (χ3n) is 1.74. The molecule has 0 radical (unpaired) electrons. The molecule has 12 heavy (non-hydrogen) atoms. The minimum atomic E-state index is 0.175. The van der Waals surface area contributed by atoms with Gasteiger partial charge in [0.25, 0.3) is 0 Å². The number of hydrogen-bond donors (Lipinski definition) is 0. The Labute approximate surface area is 85.3 Å². The molecule has 0 bridgehead atoms. The Morgan fingerprint density at radius 3 is 2.25 bits per heavy atom. The number of thiocarbonyl (C=S) groups is 1. The Kier molecular flexibility index (Phi) is 5.18.